The van der Waals surface area contributed by atoms with E-state index in [0.717, 1.165) is 10.7 Å². The number of amides is 2. The number of nitrogens with one attached hydrogen (secondary N) is 2. The molecule has 10 heteroatoms. The van der Waals surface area contributed by atoms with Crippen molar-refractivity contribution >= 4 is 23.2 Å². The number of thiazole rings is 1. The standard InChI is InChI=1S/C16H17N7O2S/c1-10(2)16-18-12(8-26-16)7-14(24)19-20-15(25)11-3-5-13(6-4-11)23-9-17-21-22-23/h3-6,8-10H,7H2,1-2H3,(H,19,24)(H,20,25). The number of hydrogen-bond donors (Lipinski definition) is 2. The fraction of sp³-hybridized carbons (Fsp3) is 0.250. The first-order valence-corrected chi connectivity index (χ1v) is 8.78. The molecule has 0 saturated carbocycles. The van der Waals surface area contributed by atoms with Gasteiger partial charge in [-0.2, -0.15) is 0 Å². The van der Waals surface area contributed by atoms with E-state index in [0.29, 0.717) is 17.2 Å². The quantitative estimate of drug-likeness (QED) is 0.652. The number of aromatic nitrogens is 5. The van der Waals surface area contributed by atoms with E-state index in [2.05, 4.69) is 31.4 Å². The number of tetrazole rings is 1. The third-order valence-corrected chi connectivity index (χ3v) is 4.66. The van der Waals surface area contributed by atoms with E-state index in [9.17, 15) is 9.59 Å². The minimum Gasteiger partial charge on any atom is -0.273 e. The molecule has 2 amide bonds. The lowest BCUT2D eigenvalue weighted by Crippen LogP contribution is -2.42. The van der Waals surface area contributed by atoms with E-state index < -0.39 is 5.91 Å². The number of rotatable bonds is 5. The molecule has 2 aromatic heterocycles. The third kappa shape index (κ3) is 4.28. The highest BCUT2D eigenvalue weighted by Crippen LogP contribution is 2.19. The summed E-state index contributed by atoms with van der Waals surface area (Å²) in [7, 11) is 0. The summed E-state index contributed by atoms with van der Waals surface area (Å²) in [6, 6.07) is 6.65. The van der Waals surface area contributed by atoms with Crippen molar-refractivity contribution in [1.29, 1.82) is 0 Å². The second-order valence-corrected chi connectivity index (χ2v) is 6.70. The van der Waals surface area contributed by atoms with Crippen molar-refractivity contribution < 1.29 is 9.59 Å². The molecule has 0 fully saturated rings. The molecule has 0 saturated heterocycles. The molecule has 3 aromatic rings. The van der Waals surface area contributed by atoms with Gasteiger partial charge in [0.2, 0.25) is 5.91 Å². The molecule has 0 unspecified atom stereocenters. The van der Waals surface area contributed by atoms with Gasteiger partial charge in [-0.3, -0.25) is 20.4 Å². The monoisotopic (exact) mass is 371 g/mol. The van der Waals surface area contributed by atoms with Gasteiger partial charge in [-0.25, -0.2) is 9.67 Å². The molecule has 2 N–H and O–H groups in total. The fourth-order valence-corrected chi connectivity index (χ4v) is 2.96. The van der Waals surface area contributed by atoms with Crippen LogP contribution in [0.4, 0.5) is 0 Å². The summed E-state index contributed by atoms with van der Waals surface area (Å²) in [6.45, 7) is 4.10. The Hall–Kier alpha value is -3.14. The highest BCUT2D eigenvalue weighted by Gasteiger charge is 2.11. The molecular formula is C16H17N7O2S. The van der Waals surface area contributed by atoms with Crippen LogP contribution in [0, 0.1) is 0 Å². The lowest BCUT2D eigenvalue weighted by atomic mass is 10.2. The first kappa shape index (κ1) is 17.7. The van der Waals surface area contributed by atoms with Crippen LogP contribution >= 0.6 is 11.3 Å². The van der Waals surface area contributed by atoms with Crippen molar-refractivity contribution in [2.24, 2.45) is 0 Å². The Bertz CT molecular complexity index is 888. The van der Waals surface area contributed by atoms with E-state index >= 15 is 0 Å². The summed E-state index contributed by atoms with van der Waals surface area (Å²) >= 11 is 1.53. The minimum absolute atomic E-state index is 0.113. The first-order chi connectivity index (χ1) is 12.5. The fourth-order valence-electron chi connectivity index (χ4n) is 2.12. The predicted octanol–water partition coefficient (Wildman–Crippen LogP) is 1.25. The Morgan fingerprint density at radius 2 is 1.96 bits per heavy atom. The van der Waals surface area contributed by atoms with Gasteiger partial charge >= 0.3 is 0 Å². The summed E-state index contributed by atoms with van der Waals surface area (Å²) in [5.41, 5.74) is 6.61. The van der Waals surface area contributed by atoms with Crippen LogP contribution in [0.3, 0.4) is 0 Å². The molecule has 0 spiro atoms. The average Bonchev–Trinajstić information content (AvgIpc) is 3.32. The molecule has 0 aliphatic carbocycles. The number of carbonyl (C=O) groups excluding carboxylic acids is 2. The zero-order valence-corrected chi connectivity index (χ0v) is 15.0. The van der Waals surface area contributed by atoms with Gasteiger partial charge in [-0.1, -0.05) is 13.8 Å². The highest BCUT2D eigenvalue weighted by molar-refractivity contribution is 7.09. The molecule has 26 heavy (non-hydrogen) atoms. The van der Waals surface area contributed by atoms with Gasteiger partial charge in [-0.15, -0.1) is 16.4 Å². The molecular weight excluding hydrogens is 354 g/mol. The third-order valence-electron chi connectivity index (χ3n) is 3.46. The zero-order valence-electron chi connectivity index (χ0n) is 14.2. The molecule has 9 nitrogen and oxygen atoms in total. The molecule has 0 bridgehead atoms. The van der Waals surface area contributed by atoms with Crippen LogP contribution in [-0.4, -0.2) is 37.0 Å². The number of nitrogens with zero attached hydrogens (tertiary/aromatic N) is 5. The smallest absolute Gasteiger partial charge is 0.269 e. The van der Waals surface area contributed by atoms with Crippen LogP contribution in [0.15, 0.2) is 36.0 Å². The van der Waals surface area contributed by atoms with Crippen molar-refractivity contribution in [3.05, 3.63) is 52.2 Å². The van der Waals surface area contributed by atoms with Crippen molar-refractivity contribution in [1.82, 2.24) is 36.0 Å². The van der Waals surface area contributed by atoms with E-state index in [1.54, 1.807) is 24.3 Å². The van der Waals surface area contributed by atoms with E-state index in [1.165, 1.54) is 22.3 Å². The van der Waals surface area contributed by atoms with Crippen LogP contribution in [0.25, 0.3) is 5.69 Å². The zero-order chi connectivity index (χ0) is 18.5. The Morgan fingerprint density at radius 3 is 2.58 bits per heavy atom. The maximum atomic E-state index is 12.1. The summed E-state index contributed by atoms with van der Waals surface area (Å²) in [5, 5.41) is 13.7. The van der Waals surface area contributed by atoms with Crippen molar-refractivity contribution in [3.8, 4) is 5.69 Å². The van der Waals surface area contributed by atoms with Crippen LogP contribution in [0.5, 0.6) is 0 Å². The van der Waals surface area contributed by atoms with Gasteiger partial charge in [0.15, 0.2) is 0 Å². The Labute approximate surface area is 153 Å². The van der Waals surface area contributed by atoms with Gasteiger partial charge in [0.25, 0.3) is 5.91 Å². The molecule has 0 aliphatic heterocycles. The number of hydrazine groups is 1. The first-order valence-electron chi connectivity index (χ1n) is 7.90. The number of hydrogen-bond acceptors (Lipinski definition) is 7. The lowest BCUT2D eigenvalue weighted by Gasteiger charge is -2.07. The summed E-state index contributed by atoms with van der Waals surface area (Å²) < 4.78 is 1.47. The largest absolute Gasteiger partial charge is 0.273 e. The molecule has 0 aliphatic rings. The van der Waals surface area contributed by atoms with Crippen LogP contribution < -0.4 is 10.9 Å². The molecule has 1 aromatic carbocycles. The van der Waals surface area contributed by atoms with Gasteiger partial charge in [0.05, 0.1) is 22.8 Å². The second-order valence-electron chi connectivity index (χ2n) is 5.81. The van der Waals surface area contributed by atoms with Crippen LogP contribution in [-0.2, 0) is 11.2 Å². The number of carbonyl (C=O) groups is 2. The minimum atomic E-state index is -0.414. The topological polar surface area (TPSA) is 115 Å². The van der Waals surface area contributed by atoms with Crippen LogP contribution in [0.2, 0.25) is 0 Å². The maximum absolute atomic E-state index is 12.1. The summed E-state index contributed by atoms with van der Waals surface area (Å²) in [6.07, 6.45) is 1.57. The van der Waals surface area contributed by atoms with Gasteiger partial charge in [-0.05, 0) is 34.7 Å². The Morgan fingerprint density at radius 1 is 1.19 bits per heavy atom. The van der Waals surface area contributed by atoms with E-state index in [-0.39, 0.29) is 12.3 Å². The summed E-state index contributed by atoms with van der Waals surface area (Å²) in [5.74, 6) is -0.417. The predicted molar refractivity (Wildman–Crippen MR) is 94.7 cm³/mol. The van der Waals surface area contributed by atoms with E-state index in [1.807, 2.05) is 19.2 Å². The SMILES string of the molecule is CC(C)c1nc(CC(=O)NNC(=O)c2ccc(-n3cnnn3)cc2)cs1. The molecule has 2 heterocycles. The molecule has 134 valence electrons. The lowest BCUT2D eigenvalue weighted by molar-refractivity contribution is -0.121. The van der Waals surface area contributed by atoms with Crippen molar-refractivity contribution in [2.75, 3.05) is 0 Å². The molecule has 0 radical (unpaired) electrons. The average molecular weight is 371 g/mol. The number of benzene rings is 1. The molecule has 3 rings (SSSR count). The van der Waals surface area contributed by atoms with Crippen molar-refractivity contribution in [3.63, 3.8) is 0 Å². The summed E-state index contributed by atoms with van der Waals surface area (Å²) in [4.78, 5) is 28.5. The van der Waals surface area contributed by atoms with Crippen molar-refractivity contribution in [2.45, 2.75) is 26.2 Å². The second kappa shape index (κ2) is 7.83. The highest BCUT2D eigenvalue weighted by atomic mass is 32.1. The normalized spacial score (nSPS) is 10.7. The van der Waals surface area contributed by atoms with Gasteiger partial charge in [0.1, 0.15) is 6.33 Å². The molecule has 0 atom stereocenters. The van der Waals surface area contributed by atoms with Gasteiger partial charge in [0, 0.05) is 16.9 Å². The Kier molecular flexibility index (Phi) is 5.32. The van der Waals surface area contributed by atoms with E-state index in [4.69, 9.17) is 0 Å². The maximum Gasteiger partial charge on any atom is 0.269 e. The van der Waals surface area contributed by atoms with Crippen LogP contribution in [0.1, 0.15) is 40.8 Å². The van der Waals surface area contributed by atoms with Gasteiger partial charge < -0.3 is 0 Å². The Balaban J connectivity index is 1.52.